The minimum atomic E-state index is -0.768. The van der Waals surface area contributed by atoms with Crippen molar-refractivity contribution in [2.75, 3.05) is 11.9 Å². The number of urea groups is 1. The van der Waals surface area contributed by atoms with E-state index >= 15 is 0 Å². The van der Waals surface area contributed by atoms with Gasteiger partial charge in [-0.15, -0.1) is 0 Å². The number of aromatic hydroxyl groups is 1. The number of halogens is 1. The predicted octanol–water partition coefficient (Wildman–Crippen LogP) is 4.62. The molecule has 0 radical (unpaired) electrons. The molecule has 186 valence electrons. The summed E-state index contributed by atoms with van der Waals surface area (Å²) >= 11 is 6.09. The first-order chi connectivity index (χ1) is 16.6. The Morgan fingerprint density at radius 3 is 2.69 bits per heavy atom. The Balaban J connectivity index is 2.35. The molecule has 1 aromatic heterocycles. The highest BCUT2D eigenvalue weighted by Gasteiger charge is 2.22. The van der Waals surface area contributed by atoms with Crippen LogP contribution in [-0.4, -0.2) is 28.3 Å². The van der Waals surface area contributed by atoms with E-state index in [0.29, 0.717) is 22.6 Å². The number of anilines is 1. The van der Waals surface area contributed by atoms with Crippen molar-refractivity contribution in [2.45, 2.75) is 32.7 Å². The van der Waals surface area contributed by atoms with Crippen molar-refractivity contribution in [3.8, 4) is 5.75 Å². The average Bonchev–Trinajstić information content (AvgIpc) is 2.80. The first kappa shape index (κ1) is 27.5. The standard InChI is InChI=1S/C26H30ClN3O5/c1-6-9-19(17(4)27)12-18-10-8-11-20(13-18)21(14-22(31)35-7-2)28-26(34)29-23-24(32)16(3)15-30(5)25(23)33/h6,8-11,13,15,21,32H,1,4,7,12,14H2,2-3,5H3,(H2,28,29,34)/b19-9-. The summed E-state index contributed by atoms with van der Waals surface area (Å²) in [4.78, 5) is 37.5. The Labute approximate surface area is 209 Å². The molecular weight excluding hydrogens is 470 g/mol. The van der Waals surface area contributed by atoms with E-state index in [2.05, 4.69) is 23.8 Å². The second-order valence-corrected chi connectivity index (χ2v) is 8.32. The lowest BCUT2D eigenvalue weighted by atomic mass is 9.97. The maximum Gasteiger partial charge on any atom is 0.319 e. The molecule has 1 unspecified atom stereocenters. The molecule has 0 aliphatic rings. The van der Waals surface area contributed by atoms with Gasteiger partial charge >= 0.3 is 12.0 Å². The third-order valence-corrected chi connectivity index (χ3v) is 5.41. The first-order valence-corrected chi connectivity index (χ1v) is 11.3. The molecule has 35 heavy (non-hydrogen) atoms. The summed E-state index contributed by atoms with van der Waals surface area (Å²) in [5, 5.41) is 15.8. The number of rotatable bonds is 10. The number of amides is 2. The maximum atomic E-state index is 12.8. The van der Waals surface area contributed by atoms with Crippen LogP contribution in [0.3, 0.4) is 0 Å². The predicted molar refractivity (Wildman–Crippen MR) is 138 cm³/mol. The number of aromatic nitrogens is 1. The van der Waals surface area contributed by atoms with Crippen LogP contribution in [0.15, 0.2) is 71.2 Å². The van der Waals surface area contributed by atoms with E-state index in [1.54, 1.807) is 38.1 Å². The molecule has 0 fully saturated rings. The number of esters is 1. The number of nitrogens with zero attached hydrogens (tertiary/aromatic N) is 1. The van der Waals surface area contributed by atoms with Crippen LogP contribution in [-0.2, 0) is 23.0 Å². The van der Waals surface area contributed by atoms with Gasteiger partial charge in [-0.25, -0.2) is 4.79 Å². The molecule has 0 saturated heterocycles. The molecule has 2 amide bonds. The van der Waals surface area contributed by atoms with Crippen LogP contribution in [0.5, 0.6) is 5.75 Å². The Morgan fingerprint density at radius 2 is 2.06 bits per heavy atom. The third-order valence-electron chi connectivity index (χ3n) is 5.17. The van der Waals surface area contributed by atoms with Crippen molar-refractivity contribution < 1.29 is 19.4 Å². The zero-order valence-corrected chi connectivity index (χ0v) is 20.8. The smallest absolute Gasteiger partial charge is 0.319 e. The van der Waals surface area contributed by atoms with Gasteiger partial charge in [0.15, 0.2) is 5.69 Å². The topological polar surface area (TPSA) is 110 Å². The van der Waals surface area contributed by atoms with E-state index in [0.717, 1.165) is 11.1 Å². The quantitative estimate of drug-likeness (QED) is 0.326. The molecule has 0 aliphatic carbocycles. The number of pyridine rings is 1. The molecule has 9 heteroatoms. The molecule has 1 heterocycles. The molecule has 1 aromatic carbocycles. The number of benzene rings is 1. The Morgan fingerprint density at radius 1 is 1.34 bits per heavy atom. The summed E-state index contributed by atoms with van der Waals surface area (Å²) in [5.74, 6) is -0.825. The summed E-state index contributed by atoms with van der Waals surface area (Å²) in [7, 11) is 1.51. The lowest BCUT2D eigenvalue weighted by Crippen LogP contribution is -2.36. The van der Waals surface area contributed by atoms with Crippen molar-refractivity contribution in [3.05, 3.63) is 93.4 Å². The van der Waals surface area contributed by atoms with E-state index in [9.17, 15) is 19.5 Å². The van der Waals surface area contributed by atoms with Gasteiger partial charge in [0.1, 0.15) is 5.75 Å². The zero-order chi connectivity index (χ0) is 26.1. The summed E-state index contributed by atoms with van der Waals surface area (Å²) in [6, 6.07) is 5.76. The normalized spacial score (nSPS) is 11.9. The monoisotopic (exact) mass is 499 g/mol. The summed E-state index contributed by atoms with van der Waals surface area (Å²) in [6.07, 6.45) is 5.17. The number of aryl methyl sites for hydroxylation is 2. The van der Waals surface area contributed by atoms with E-state index in [-0.39, 0.29) is 24.5 Å². The minimum absolute atomic E-state index is 0.139. The molecule has 0 spiro atoms. The lowest BCUT2D eigenvalue weighted by molar-refractivity contribution is -0.143. The van der Waals surface area contributed by atoms with Crippen LogP contribution in [0.25, 0.3) is 0 Å². The SMILES string of the molecule is C=C/C=C(/Cc1cccc(C(CC(=O)OCC)NC(=O)Nc2c(O)c(C)cn(C)c2=O)c1)C(=C)Cl. The van der Waals surface area contributed by atoms with Crippen molar-refractivity contribution in [2.24, 2.45) is 7.05 Å². The zero-order valence-electron chi connectivity index (χ0n) is 20.1. The lowest BCUT2D eigenvalue weighted by Gasteiger charge is -2.20. The first-order valence-electron chi connectivity index (χ1n) is 10.9. The van der Waals surface area contributed by atoms with Gasteiger partial charge in [0.25, 0.3) is 5.56 Å². The molecule has 3 N–H and O–H groups in total. The molecule has 0 aliphatic heterocycles. The number of hydrogen-bond acceptors (Lipinski definition) is 5. The van der Waals surface area contributed by atoms with Crippen LogP contribution < -0.4 is 16.2 Å². The van der Waals surface area contributed by atoms with E-state index in [1.807, 2.05) is 12.1 Å². The second-order valence-electron chi connectivity index (χ2n) is 7.87. The van der Waals surface area contributed by atoms with Gasteiger partial charge in [-0.2, -0.15) is 0 Å². The molecule has 8 nitrogen and oxygen atoms in total. The van der Waals surface area contributed by atoms with Crippen LogP contribution in [0, 0.1) is 6.92 Å². The number of hydrogen-bond donors (Lipinski definition) is 3. The highest BCUT2D eigenvalue weighted by molar-refractivity contribution is 6.31. The van der Waals surface area contributed by atoms with Gasteiger partial charge in [0, 0.05) is 23.8 Å². The highest BCUT2D eigenvalue weighted by atomic mass is 35.5. The number of nitrogens with one attached hydrogen (secondary N) is 2. The van der Waals surface area contributed by atoms with Gasteiger partial charge in [-0.1, -0.05) is 61.2 Å². The fourth-order valence-electron chi connectivity index (χ4n) is 3.47. The number of carbonyl (C=O) groups excluding carboxylic acids is 2. The molecular formula is C26H30ClN3O5. The van der Waals surface area contributed by atoms with E-state index in [4.69, 9.17) is 16.3 Å². The van der Waals surface area contributed by atoms with Crippen LogP contribution in [0.1, 0.15) is 36.1 Å². The Hall–Kier alpha value is -3.78. The van der Waals surface area contributed by atoms with E-state index < -0.39 is 23.6 Å². The Bertz CT molecular complexity index is 1220. The van der Waals surface area contributed by atoms with E-state index in [1.165, 1.54) is 17.8 Å². The minimum Gasteiger partial charge on any atom is -0.505 e. The molecule has 0 bridgehead atoms. The highest BCUT2D eigenvalue weighted by Crippen LogP contribution is 2.25. The molecule has 0 saturated carbocycles. The summed E-state index contributed by atoms with van der Waals surface area (Å²) in [6.45, 7) is 10.9. The van der Waals surface area contributed by atoms with Gasteiger partial charge in [0.05, 0.1) is 19.1 Å². The average molecular weight is 500 g/mol. The van der Waals surface area contributed by atoms with Gasteiger partial charge < -0.3 is 25.0 Å². The van der Waals surface area contributed by atoms with Crippen molar-refractivity contribution >= 4 is 29.3 Å². The Kier molecular flexibility index (Phi) is 9.90. The fourth-order valence-corrected chi connectivity index (χ4v) is 3.60. The maximum absolute atomic E-state index is 12.8. The fraction of sp³-hybridized carbons (Fsp3) is 0.269. The van der Waals surface area contributed by atoms with Crippen LogP contribution >= 0.6 is 11.6 Å². The number of ether oxygens (including phenoxy) is 1. The summed E-state index contributed by atoms with van der Waals surface area (Å²) < 4.78 is 6.32. The molecule has 2 rings (SSSR count). The van der Waals surface area contributed by atoms with Gasteiger partial charge in [0.2, 0.25) is 0 Å². The van der Waals surface area contributed by atoms with Crippen LogP contribution in [0.4, 0.5) is 10.5 Å². The largest absolute Gasteiger partial charge is 0.505 e. The van der Waals surface area contributed by atoms with Crippen molar-refractivity contribution in [3.63, 3.8) is 0 Å². The van der Waals surface area contributed by atoms with Crippen molar-refractivity contribution in [1.29, 1.82) is 0 Å². The van der Waals surface area contributed by atoms with Gasteiger partial charge in [-0.05, 0) is 37.0 Å². The van der Waals surface area contributed by atoms with Crippen LogP contribution in [0.2, 0.25) is 0 Å². The van der Waals surface area contributed by atoms with Gasteiger partial charge in [-0.3, -0.25) is 9.59 Å². The molecule has 2 aromatic rings. The number of allylic oxidation sites excluding steroid dienone is 4. The van der Waals surface area contributed by atoms with Crippen molar-refractivity contribution in [1.82, 2.24) is 9.88 Å². The third kappa shape index (κ3) is 7.61. The second kappa shape index (κ2) is 12.6. The molecule has 1 atom stereocenters. The number of carbonyl (C=O) groups is 2. The summed E-state index contributed by atoms with van der Waals surface area (Å²) in [5.41, 5.74) is 1.88.